The molecule has 4 aromatic rings. The molecule has 1 fully saturated rings. The molecule has 13 nitrogen and oxygen atoms in total. The largest absolute Gasteiger partial charge is 0.321 e. The number of hydrogen-bond donors (Lipinski definition) is 2. The van der Waals surface area contributed by atoms with Gasteiger partial charge in [-0.1, -0.05) is 24.3 Å². The molecule has 0 radical (unpaired) electrons. The lowest BCUT2D eigenvalue weighted by Gasteiger charge is -2.15. The first-order valence-corrected chi connectivity index (χ1v) is 14.5. The molecular weight excluding hydrogens is 614 g/mol. The third kappa shape index (κ3) is 7.31. The minimum absolute atomic E-state index is 0.0925. The fourth-order valence-electron chi connectivity index (χ4n) is 4.50. The molecule has 0 aromatic heterocycles. The lowest BCUT2D eigenvalue weighted by Crippen LogP contribution is -2.31. The maximum Gasteiger partial charge on any atom is 0.272 e. The zero-order valence-electron chi connectivity index (χ0n) is 23.7. The predicted molar refractivity (Wildman–Crippen MR) is 170 cm³/mol. The fourth-order valence-corrected chi connectivity index (χ4v) is 5.61. The van der Waals surface area contributed by atoms with Crippen LogP contribution >= 0.6 is 11.8 Å². The number of nitrogens with zero attached hydrogens (tertiary/aromatic N) is 3. The lowest BCUT2D eigenvalue weighted by atomic mass is 10.1. The molecular formula is C32H23N5O8S. The topological polar surface area (TPSA) is 182 Å². The van der Waals surface area contributed by atoms with E-state index < -0.39 is 38.7 Å². The molecule has 46 heavy (non-hydrogen) atoms. The van der Waals surface area contributed by atoms with Crippen LogP contribution in [0.2, 0.25) is 0 Å². The number of amides is 4. The van der Waals surface area contributed by atoms with Crippen LogP contribution in [0.4, 0.5) is 22.7 Å². The maximum atomic E-state index is 13.4. The van der Waals surface area contributed by atoms with Crippen molar-refractivity contribution >= 4 is 64.2 Å². The van der Waals surface area contributed by atoms with E-state index >= 15 is 0 Å². The lowest BCUT2D eigenvalue weighted by molar-refractivity contribution is -0.385. The number of nitrogens with one attached hydrogen (secondary N) is 2. The number of benzene rings is 4. The molecule has 0 aliphatic carbocycles. The van der Waals surface area contributed by atoms with E-state index in [1.807, 2.05) is 0 Å². The number of non-ortho nitro benzene ring substituents is 2. The standard InChI is InChI=1S/C32H23N5O8S/c38-29-19-28(32(41)35(29)23-13-15-25(16-14-23)37(44)45)46-26-8-4-7-22(18-26)33-31(40)27(34-30(39)21-5-2-1-3-6-21)17-20-9-11-24(12-10-20)36(42)43/h1-18,28H,19H2,(H,33,40)(H,34,39). The zero-order chi connectivity index (χ0) is 32.8. The van der Waals surface area contributed by atoms with Crippen LogP contribution in [-0.2, 0) is 14.4 Å². The molecule has 1 aliphatic heterocycles. The molecule has 0 saturated carbocycles. The van der Waals surface area contributed by atoms with Crippen LogP contribution in [0.5, 0.6) is 0 Å². The monoisotopic (exact) mass is 637 g/mol. The highest BCUT2D eigenvalue weighted by atomic mass is 32.2. The van der Waals surface area contributed by atoms with E-state index in [0.717, 1.165) is 16.7 Å². The number of nitro benzene ring substituents is 2. The Bertz CT molecular complexity index is 1880. The van der Waals surface area contributed by atoms with Crippen LogP contribution in [-0.4, -0.2) is 38.7 Å². The summed E-state index contributed by atoms with van der Waals surface area (Å²) in [5.41, 5.74) is 0.868. The van der Waals surface area contributed by atoms with E-state index in [9.17, 15) is 39.4 Å². The van der Waals surface area contributed by atoms with Crippen molar-refractivity contribution in [3.05, 3.63) is 140 Å². The van der Waals surface area contributed by atoms with E-state index in [2.05, 4.69) is 10.6 Å². The van der Waals surface area contributed by atoms with Crippen molar-refractivity contribution in [3.8, 4) is 0 Å². The summed E-state index contributed by atoms with van der Waals surface area (Å²) in [7, 11) is 0. The number of carbonyl (C=O) groups excluding carboxylic acids is 4. The van der Waals surface area contributed by atoms with Gasteiger partial charge in [0.25, 0.3) is 23.2 Å². The van der Waals surface area contributed by atoms with Gasteiger partial charge in [0.05, 0.1) is 20.8 Å². The molecule has 1 saturated heterocycles. The van der Waals surface area contributed by atoms with Gasteiger partial charge in [-0.25, -0.2) is 4.90 Å². The normalized spacial score (nSPS) is 14.6. The highest BCUT2D eigenvalue weighted by molar-refractivity contribution is 8.00. The Morgan fingerprint density at radius 2 is 1.46 bits per heavy atom. The second-order valence-corrected chi connectivity index (χ2v) is 11.1. The quantitative estimate of drug-likeness (QED) is 0.100. The van der Waals surface area contributed by atoms with Crippen molar-refractivity contribution in [1.29, 1.82) is 0 Å². The molecule has 4 amide bonds. The number of rotatable bonds is 10. The summed E-state index contributed by atoms with van der Waals surface area (Å²) in [6.07, 6.45) is 1.29. The first-order chi connectivity index (χ1) is 22.1. The summed E-state index contributed by atoms with van der Waals surface area (Å²) >= 11 is 1.12. The van der Waals surface area contributed by atoms with Crippen molar-refractivity contribution in [2.45, 2.75) is 16.6 Å². The van der Waals surface area contributed by atoms with E-state index in [-0.39, 0.29) is 29.2 Å². The second-order valence-electron chi connectivity index (χ2n) is 9.86. The van der Waals surface area contributed by atoms with Crippen molar-refractivity contribution in [2.24, 2.45) is 0 Å². The maximum absolute atomic E-state index is 13.4. The smallest absolute Gasteiger partial charge is 0.272 e. The van der Waals surface area contributed by atoms with Gasteiger partial charge in [-0.3, -0.25) is 39.4 Å². The zero-order valence-corrected chi connectivity index (χ0v) is 24.5. The molecule has 0 bridgehead atoms. The number of thioether (sulfide) groups is 1. The number of hydrogen-bond acceptors (Lipinski definition) is 9. The van der Waals surface area contributed by atoms with E-state index in [1.54, 1.807) is 54.6 Å². The molecule has 1 atom stereocenters. The molecule has 5 rings (SSSR count). The van der Waals surface area contributed by atoms with Crippen LogP contribution in [0.3, 0.4) is 0 Å². The minimum atomic E-state index is -0.767. The molecule has 0 spiro atoms. The number of imide groups is 1. The molecule has 4 aromatic carbocycles. The number of anilines is 2. The summed E-state index contributed by atoms with van der Waals surface area (Å²) in [5, 5.41) is 26.6. The summed E-state index contributed by atoms with van der Waals surface area (Å²) < 4.78 is 0. The van der Waals surface area contributed by atoms with Crippen molar-refractivity contribution in [3.63, 3.8) is 0 Å². The Labute approximate surface area is 265 Å². The molecule has 230 valence electrons. The van der Waals surface area contributed by atoms with Gasteiger partial charge >= 0.3 is 0 Å². The molecule has 1 heterocycles. The first kappa shape index (κ1) is 31.3. The molecule has 1 aliphatic rings. The highest BCUT2D eigenvalue weighted by Crippen LogP contribution is 2.35. The van der Waals surface area contributed by atoms with Gasteiger partial charge in [-0.05, 0) is 66.2 Å². The Balaban J connectivity index is 1.32. The van der Waals surface area contributed by atoms with Gasteiger partial charge < -0.3 is 10.6 Å². The van der Waals surface area contributed by atoms with Gasteiger partial charge in [0.15, 0.2) is 0 Å². The van der Waals surface area contributed by atoms with Gasteiger partial charge in [-0.2, -0.15) is 0 Å². The van der Waals surface area contributed by atoms with E-state index in [1.165, 1.54) is 54.6 Å². The SMILES string of the molecule is O=C(Nc1cccc(SC2CC(=O)N(c3ccc([N+](=O)[O-])cc3)C2=O)c1)C(=Cc1ccc([N+](=O)[O-])cc1)NC(=O)c1ccccc1. The van der Waals surface area contributed by atoms with Gasteiger partial charge in [0.1, 0.15) is 5.70 Å². The Kier molecular flexibility index (Phi) is 9.28. The van der Waals surface area contributed by atoms with Gasteiger partial charge in [0.2, 0.25) is 11.8 Å². The minimum Gasteiger partial charge on any atom is -0.321 e. The molecule has 1 unspecified atom stereocenters. The second kappa shape index (κ2) is 13.7. The van der Waals surface area contributed by atoms with Crippen molar-refractivity contribution in [2.75, 3.05) is 10.2 Å². The number of carbonyl (C=O) groups is 4. The summed E-state index contributed by atoms with van der Waals surface area (Å²) in [4.78, 5) is 74.6. The summed E-state index contributed by atoms with van der Waals surface area (Å²) in [6, 6.07) is 25.4. The average molecular weight is 638 g/mol. The van der Waals surface area contributed by atoms with E-state index in [0.29, 0.717) is 21.7 Å². The third-order valence-electron chi connectivity index (χ3n) is 6.74. The molecule has 2 N–H and O–H groups in total. The van der Waals surface area contributed by atoms with Crippen molar-refractivity contribution < 1.29 is 29.0 Å². The predicted octanol–water partition coefficient (Wildman–Crippen LogP) is 5.34. The van der Waals surface area contributed by atoms with Crippen LogP contribution in [0.1, 0.15) is 22.3 Å². The van der Waals surface area contributed by atoms with Crippen LogP contribution in [0.25, 0.3) is 6.08 Å². The van der Waals surface area contributed by atoms with Gasteiger partial charge in [0, 0.05) is 46.8 Å². The Morgan fingerprint density at radius 1 is 0.826 bits per heavy atom. The first-order valence-electron chi connectivity index (χ1n) is 13.6. The van der Waals surface area contributed by atoms with Crippen molar-refractivity contribution in [1.82, 2.24) is 5.32 Å². The van der Waals surface area contributed by atoms with Gasteiger partial charge in [-0.15, -0.1) is 11.8 Å². The Morgan fingerprint density at radius 3 is 2.09 bits per heavy atom. The van der Waals surface area contributed by atoms with Crippen LogP contribution < -0.4 is 15.5 Å². The average Bonchev–Trinajstić information content (AvgIpc) is 3.33. The van der Waals surface area contributed by atoms with E-state index in [4.69, 9.17) is 0 Å². The highest BCUT2D eigenvalue weighted by Gasteiger charge is 2.40. The Hall–Kier alpha value is -6.15. The fraction of sp³-hybridized carbons (Fsp3) is 0.0625. The molecule has 14 heteroatoms. The van der Waals surface area contributed by atoms with Crippen LogP contribution in [0.15, 0.2) is 114 Å². The third-order valence-corrected chi connectivity index (χ3v) is 7.92. The van der Waals surface area contributed by atoms with Crippen LogP contribution in [0, 0.1) is 20.2 Å². The summed E-state index contributed by atoms with van der Waals surface area (Å²) in [6.45, 7) is 0. The number of nitro groups is 2. The summed E-state index contributed by atoms with van der Waals surface area (Å²) in [5.74, 6) is -2.15.